The summed E-state index contributed by atoms with van der Waals surface area (Å²) in [6.07, 6.45) is 5.31. The minimum absolute atomic E-state index is 0.839. The number of nitrogen functional groups attached to an aromatic ring is 1. The summed E-state index contributed by atoms with van der Waals surface area (Å²) in [7, 11) is 0. The maximum atomic E-state index is 5.75. The first-order valence-corrected chi connectivity index (χ1v) is 5.42. The first-order valence-electron chi connectivity index (χ1n) is 4.79. The monoisotopic (exact) mass is 207 g/mol. The van der Waals surface area contributed by atoms with Crippen molar-refractivity contribution in [1.29, 1.82) is 0 Å². The van der Waals surface area contributed by atoms with Gasteiger partial charge in [0.25, 0.3) is 0 Å². The summed E-state index contributed by atoms with van der Waals surface area (Å²) in [4.78, 5) is 0. The first kappa shape index (κ1) is 11.2. The lowest BCUT2D eigenvalue weighted by atomic mass is 10.0. The van der Waals surface area contributed by atoms with Crippen LogP contribution in [0.5, 0.6) is 0 Å². The lowest BCUT2D eigenvalue weighted by Gasteiger charge is -2.06. The van der Waals surface area contributed by atoms with Gasteiger partial charge in [0.05, 0.1) is 0 Å². The van der Waals surface area contributed by atoms with E-state index in [0.29, 0.717) is 0 Å². The first-order chi connectivity index (χ1) is 6.65. The third kappa shape index (κ3) is 2.81. The zero-order valence-corrected chi connectivity index (χ0v) is 9.64. The Balaban J connectivity index is 2.96. The van der Waals surface area contributed by atoms with E-state index in [-0.39, 0.29) is 0 Å². The highest BCUT2D eigenvalue weighted by atomic mass is 32.1. The predicted octanol–water partition coefficient (Wildman–Crippen LogP) is 3.22. The minimum Gasteiger partial charge on any atom is -0.399 e. The molecule has 0 atom stereocenters. The summed E-state index contributed by atoms with van der Waals surface area (Å²) in [5, 5.41) is 0. The van der Waals surface area contributed by atoms with Gasteiger partial charge in [-0.05, 0) is 54.8 Å². The molecule has 0 unspecified atom stereocenters. The third-order valence-electron chi connectivity index (χ3n) is 2.20. The SMILES string of the molecule is Cc1cc(N)cc(C)c1C=CCCS. The summed E-state index contributed by atoms with van der Waals surface area (Å²) in [5.41, 5.74) is 10.3. The molecule has 0 radical (unpaired) electrons. The molecular formula is C12H17NS. The number of aryl methyl sites for hydroxylation is 2. The highest BCUT2D eigenvalue weighted by Gasteiger charge is 1.99. The molecule has 0 saturated carbocycles. The number of hydrogen-bond acceptors (Lipinski definition) is 2. The molecule has 2 heteroatoms. The molecule has 0 heterocycles. The van der Waals surface area contributed by atoms with E-state index in [0.717, 1.165) is 17.9 Å². The standard InChI is InChI=1S/C12H17NS/c1-9-7-11(13)8-10(2)12(9)5-3-4-6-14/h3,5,7-8,14H,4,6,13H2,1-2H3. The van der Waals surface area contributed by atoms with Gasteiger partial charge >= 0.3 is 0 Å². The largest absolute Gasteiger partial charge is 0.399 e. The van der Waals surface area contributed by atoms with Crippen LogP contribution in [0.2, 0.25) is 0 Å². The van der Waals surface area contributed by atoms with E-state index in [2.05, 4.69) is 38.6 Å². The maximum Gasteiger partial charge on any atom is 0.0319 e. The van der Waals surface area contributed by atoms with Crippen molar-refractivity contribution in [3.8, 4) is 0 Å². The van der Waals surface area contributed by atoms with E-state index in [1.54, 1.807) is 0 Å². The molecule has 0 spiro atoms. The van der Waals surface area contributed by atoms with Gasteiger partial charge in [-0.3, -0.25) is 0 Å². The second kappa shape index (κ2) is 5.11. The van der Waals surface area contributed by atoms with Gasteiger partial charge in [0.2, 0.25) is 0 Å². The van der Waals surface area contributed by atoms with Gasteiger partial charge in [-0.1, -0.05) is 12.2 Å². The number of anilines is 1. The zero-order chi connectivity index (χ0) is 10.6. The number of nitrogens with two attached hydrogens (primary N) is 1. The second-order valence-corrected chi connectivity index (χ2v) is 3.93. The van der Waals surface area contributed by atoms with E-state index in [9.17, 15) is 0 Å². The van der Waals surface area contributed by atoms with Crippen LogP contribution in [0.25, 0.3) is 6.08 Å². The number of allylic oxidation sites excluding steroid dienone is 1. The van der Waals surface area contributed by atoms with Crippen LogP contribution in [0.1, 0.15) is 23.1 Å². The molecule has 0 bridgehead atoms. The Morgan fingerprint density at radius 2 is 1.86 bits per heavy atom. The van der Waals surface area contributed by atoms with Crippen molar-refractivity contribution in [3.05, 3.63) is 34.9 Å². The topological polar surface area (TPSA) is 26.0 Å². The van der Waals surface area contributed by atoms with Gasteiger partial charge in [-0.15, -0.1) is 0 Å². The van der Waals surface area contributed by atoms with E-state index < -0.39 is 0 Å². The Bertz CT molecular complexity index is 319. The van der Waals surface area contributed by atoms with Crippen molar-refractivity contribution in [3.63, 3.8) is 0 Å². The van der Waals surface area contributed by atoms with Gasteiger partial charge in [-0.25, -0.2) is 0 Å². The predicted molar refractivity (Wildman–Crippen MR) is 67.8 cm³/mol. The lowest BCUT2D eigenvalue weighted by molar-refractivity contribution is 1.26. The molecular weight excluding hydrogens is 190 g/mol. The van der Waals surface area contributed by atoms with Gasteiger partial charge in [0, 0.05) is 5.69 Å². The van der Waals surface area contributed by atoms with E-state index in [1.165, 1.54) is 16.7 Å². The van der Waals surface area contributed by atoms with Crippen LogP contribution in [-0.2, 0) is 0 Å². The molecule has 0 aliphatic heterocycles. The Morgan fingerprint density at radius 1 is 1.29 bits per heavy atom. The summed E-state index contributed by atoms with van der Waals surface area (Å²) in [6, 6.07) is 4.01. The molecule has 14 heavy (non-hydrogen) atoms. The fourth-order valence-electron chi connectivity index (χ4n) is 1.55. The fraction of sp³-hybridized carbons (Fsp3) is 0.333. The highest BCUT2D eigenvalue weighted by molar-refractivity contribution is 7.80. The number of benzene rings is 1. The number of thiol groups is 1. The minimum atomic E-state index is 0.839. The van der Waals surface area contributed by atoms with Crippen LogP contribution in [0.4, 0.5) is 5.69 Å². The quantitative estimate of drug-likeness (QED) is 0.577. The van der Waals surface area contributed by atoms with E-state index >= 15 is 0 Å². The molecule has 1 rings (SSSR count). The van der Waals surface area contributed by atoms with Gasteiger partial charge in [-0.2, -0.15) is 12.6 Å². The Hall–Kier alpha value is -0.890. The Morgan fingerprint density at radius 3 is 2.36 bits per heavy atom. The molecule has 1 aromatic rings. The maximum absolute atomic E-state index is 5.75. The summed E-state index contributed by atoms with van der Waals surface area (Å²) >= 11 is 4.16. The highest BCUT2D eigenvalue weighted by Crippen LogP contribution is 2.19. The van der Waals surface area contributed by atoms with E-state index in [4.69, 9.17) is 5.73 Å². The molecule has 0 amide bonds. The van der Waals surface area contributed by atoms with Gasteiger partial charge < -0.3 is 5.73 Å². The van der Waals surface area contributed by atoms with Crippen molar-refractivity contribution >= 4 is 24.4 Å². The Labute approximate surface area is 91.4 Å². The Kier molecular flexibility index (Phi) is 4.08. The average Bonchev–Trinajstić information content (AvgIpc) is 2.09. The molecule has 0 fully saturated rings. The molecule has 0 aliphatic carbocycles. The van der Waals surface area contributed by atoms with Crippen LogP contribution < -0.4 is 5.73 Å². The molecule has 0 aliphatic rings. The second-order valence-electron chi connectivity index (χ2n) is 3.48. The molecule has 0 aromatic heterocycles. The van der Waals surface area contributed by atoms with Crippen LogP contribution in [0.15, 0.2) is 18.2 Å². The fourth-order valence-corrected chi connectivity index (χ4v) is 1.70. The van der Waals surface area contributed by atoms with Crippen molar-refractivity contribution in [2.75, 3.05) is 11.5 Å². The average molecular weight is 207 g/mol. The molecule has 1 nitrogen and oxygen atoms in total. The summed E-state index contributed by atoms with van der Waals surface area (Å²) in [5.74, 6) is 0.892. The van der Waals surface area contributed by atoms with Crippen LogP contribution in [0.3, 0.4) is 0 Å². The van der Waals surface area contributed by atoms with Crippen molar-refractivity contribution in [1.82, 2.24) is 0 Å². The van der Waals surface area contributed by atoms with E-state index in [1.807, 2.05) is 12.1 Å². The summed E-state index contributed by atoms with van der Waals surface area (Å²) in [6.45, 7) is 4.17. The van der Waals surface area contributed by atoms with Crippen molar-refractivity contribution < 1.29 is 0 Å². The smallest absolute Gasteiger partial charge is 0.0319 e. The third-order valence-corrected chi connectivity index (χ3v) is 2.45. The van der Waals surface area contributed by atoms with Gasteiger partial charge in [0.15, 0.2) is 0 Å². The number of hydrogen-bond donors (Lipinski definition) is 2. The molecule has 2 N–H and O–H groups in total. The van der Waals surface area contributed by atoms with Crippen LogP contribution in [-0.4, -0.2) is 5.75 Å². The molecule has 0 saturated heterocycles. The van der Waals surface area contributed by atoms with Crippen LogP contribution in [0, 0.1) is 13.8 Å². The van der Waals surface area contributed by atoms with Gasteiger partial charge in [0.1, 0.15) is 0 Å². The number of rotatable bonds is 3. The molecule has 1 aromatic carbocycles. The van der Waals surface area contributed by atoms with Crippen molar-refractivity contribution in [2.24, 2.45) is 0 Å². The normalized spacial score (nSPS) is 11.1. The molecule has 76 valence electrons. The van der Waals surface area contributed by atoms with Crippen molar-refractivity contribution in [2.45, 2.75) is 20.3 Å². The van der Waals surface area contributed by atoms with Crippen LogP contribution >= 0.6 is 12.6 Å². The zero-order valence-electron chi connectivity index (χ0n) is 8.75. The summed E-state index contributed by atoms with van der Waals surface area (Å²) < 4.78 is 0. The lowest BCUT2D eigenvalue weighted by Crippen LogP contribution is -1.91.